The Morgan fingerprint density at radius 1 is 0.567 bits per heavy atom. The molecule has 0 atom stereocenters. The molecular formula is C27H28O2Si. The van der Waals surface area contributed by atoms with Gasteiger partial charge in [0.1, 0.15) is 0 Å². The van der Waals surface area contributed by atoms with Crippen LogP contribution in [0.25, 0.3) is 0 Å². The van der Waals surface area contributed by atoms with Crippen molar-refractivity contribution in [2.45, 2.75) is 19.8 Å². The average molecular weight is 413 g/mol. The number of hydrogen-bond donors (Lipinski definition) is 1. The Kier molecular flexibility index (Phi) is 8.16. The van der Waals surface area contributed by atoms with Crippen LogP contribution >= 0.6 is 0 Å². The van der Waals surface area contributed by atoms with E-state index < -0.39 is 8.32 Å². The van der Waals surface area contributed by atoms with Crippen LogP contribution in [-0.4, -0.2) is 13.4 Å². The van der Waals surface area contributed by atoms with E-state index in [4.69, 9.17) is 9.53 Å². The molecule has 30 heavy (non-hydrogen) atoms. The second-order valence-electron chi connectivity index (χ2n) is 7.18. The molecular weight excluding hydrogens is 384 g/mol. The van der Waals surface area contributed by atoms with Gasteiger partial charge in [0, 0.05) is 0 Å². The molecule has 0 fully saturated rings. The van der Waals surface area contributed by atoms with Crippen molar-refractivity contribution in [1.82, 2.24) is 0 Å². The molecule has 0 saturated carbocycles. The molecule has 4 rings (SSSR count). The van der Waals surface area contributed by atoms with E-state index in [9.17, 15) is 0 Å². The summed E-state index contributed by atoms with van der Waals surface area (Å²) in [5.41, 5.74) is 2.18. The first-order valence-electron chi connectivity index (χ1n) is 10.2. The van der Waals surface area contributed by atoms with Crippen LogP contribution in [-0.2, 0) is 17.6 Å². The first kappa shape index (κ1) is 21.7. The quantitative estimate of drug-likeness (QED) is 0.462. The Labute approximate surface area is 180 Å². The van der Waals surface area contributed by atoms with Crippen LogP contribution in [0.1, 0.15) is 11.1 Å². The third-order valence-electron chi connectivity index (χ3n) is 5.05. The lowest BCUT2D eigenvalue weighted by atomic mass is 10.2. The molecule has 0 bridgehead atoms. The lowest BCUT2D eigenvalue weighted by molar-refractivity contribution is 0.282. The van der Waals surface area contributed by atoms with E-state index >= 15 is 0 Å². The van der Waals surface area contributed by atoms with Gasteiger partial charge in [0.05, 0.1) is 13.2 Å². The van der Waals surface area contributed by atoms with Gasteiger partial charge in [0.25, 0.3) is 8.32 Å². The summed E-state index contributed by atoms with van der Waals surface area (Å²) in [7, 11) is -2.18. The fraction of sp³-hybridized carbons (Fsp3) is 0.111. The maximum absolute atomic E-state index is 8.54. The molecule has 0 amide bonds. The molecule has 0 aromatic heterocycles. The minimum Gasteiger partial charge on any atom is -0.404 e. The van der Waals surface area contributed by atoms with Gasteiger partial charge in [-0.15, -0.1) is 0 Å². The zero-order valence-corrected chi connectivity index (χ0v) is 18.3. The van der Waals surface area contributed by atoms with Crippen molar-refractivity contribution in [2.24, 2.45) is 0 Å². The van der Waals surface area contributed by atoms with Gasteiger partial charge in [-0.3, -0.25) is 0 Å². The van der Waals surface area contributed by atoms with Crippen LogP contribution in [0.15, 0.2) is 121 Å². The molecule has 3 heteroatoms. The van der Waals surface area contributed by atoms with Gasteiger partial charge < -0.3 is 9.53 Å². The van der Waals surface area contributed by atoms with E-state index in [1.165, 1.54) is 15.9 Å². The first-order valence-corrected chi connectivity index (χ1v) is 12.6. The van der Waals surface area contributed by atoms with E-state index in [2.05, 4.69) is 91.5 Å². The second-order valence-corrected chi connectivity index (χ2v) is 10.7. The summed E-state index contributed by atoms with van der Waals surface area (Å²) >= 11 is 0. The van der Waals surface area contributed by atoms with Gasteiger partial charge in [-0.2, -0.15) is 0 Å². The predicted octanol–water partition coefficient (Wildman–Crippen LogP) is 4.77. The molecule has 4 aromatic rings. The summed E-state index contributed by atoms with van der Waals surface area (Å²) in [4.78, 5) is 0. The smallest absolute Gasteiger partial charge is 0.253 e. The van der Waals surface area contributed by atoms with Crippen LogP contribution in [0.3, 0.4) is 0 Å². The fourth-order valence-electron chi connectivity index (χ4n) is 3.23. The Morgan fingerprint density at radius 3 is 1.30 bits per heavy atom. The minimum absolute atomic E-state index is 0.140. The van der Waals surface area contributed by atoms with Gasteiger partial charge in [0.15, 0.2) is 0 Å². The van der Waals surface area contributed by atoms with Crippen molar-refractivity contribution >= 4 is 18.7 Å². The van der Waals surface area contributed by atoms with Gasteiger partial charge in [0.2, 0.25) is 0 Å². The van der Waals surface area contributed by atoms with Gasteiger partial charge in [-0.25, -0.2) is 0 Å². The first-order chi connectivity index (χ1) is 14.7. The summed E-state index contributed by atoms with van der Waals surface area (Å²) in [6.07, 6.45) is 0. The molecule has 1 N–H and O–H groups in total. The molecule has 0 aliphatic carbocycles. The largest absolute Gasteiger partial charge is 0.404 e. The number of aliphatic hydroxyl groups excluding tert-OH is 1. The SMILES string of the molecule is C[Si](OCc1ccccc1)(c1ccccc1)c1ccccc1.OCc1ccccc1. The van der Waals surface area contributed by atoms with Crippen LogP contribution in [0.2, 0.25) is 6.55 Å². The monoisotopic (exact) mass is 412 g/mol. The summed E-state index contributed by atoms with van der Waals surface area (Å²) in [6.45, 7) is 3.06. The highest BCUT2D eigenvalue weighted by molar-refractivity contribution is 6.96. The van der Waals surface area contributed by atoms with Crippen LogP contribution in [0, 0.1) is 0 Å². The highest BCUT2D eigenvalue weighted by atomic mass is 28.4. The molecule has 0 spiro atoms. The minimum atomic E-state index is -2.18. The van der Waals surface area contributed by atoms with Crippen molar-refractivity contribution in [1.29, 1.82) is 0 Å². The Morgan fingerprint density at radius 2 is 0.933 bits per heavy atom. The highest BCUT2D eigenvalue weighted by Crippen LogP contribution is 2.11. The highest BCUT2D eigenvalue weighted by Gasteiger charge is 2.33. The molecule has 0 heterocycles. The van der Waals surface area contributed by atoms with E-state index in [-0.39, 0.29) is 6.61 Å². The van der Waals surface area contributed by atoms with Crippen LogP contribution in [0.4, 0.5) is 0 Å². The van der Waals surface area contributed by atoms with E-state index in [1.54, 1.807) is 0 Å². The number of benzene rings is 4. The summed E-state index contributed by atoms with van der Waals surface area (Å²) < 4.78 is 6.53. The number of hydrogen-bond acceptors (Lipinski definition) is 2. The lowest BCUT2D eigenvalue weighted by Gasteiger charge is -2.28. The van der Waals surface area contributed by atoms with Gasteiger partial charge in [-0.05, 0) is 28.0 Å². The van der Waals surface area contributed by atoms with E-state index in [0.29, 0.717) is 6.61 Å². The molecule has 0 radical (unpaired) electrons. The zero-order chi connectivity index (χ0) is 21.1. The predicted molar refractivity (Wildman–Crippen MR) is 127 cm³/mol. The maximum Gasteiger partial charge on any atom is 0.253 e. The van der Waals surface area contributed by atoms with Crippen molar-refractivity contribution in [3.63, 3.8) is 0 Å². The number of rotatable bonds is 6. The molecule has 4 aromatic carbocycles. The van der Waals surface area contributed by atoms with Crippen molar-refractivity contribution in [3.8, 4) is 0 Å². The summed E-state index contributed by atoms with van der Waals surface area (Å²) in [5, 5.41) is 11.1. The van der Waals surface area contributed by atoms with E-state index in [1.807, 2.05) is 36.4 Å². The molecule has 0 unspecified atom stereocenters. The third-order valence-corrected chi connectivity index (χ3v) is 8.64. The van der Waals surface area contributed by atoms with Crippen molar-refractivity contribution < 1.29 is 9.53 Å². The Bertz CT molecular complexity index is 935. The van der Waals surface area contributed by atoms with Crippen molar-refractivity contribution in [2.75, 3.05) is 0 Å². The Hall–Kier alpha value is -2.98. The summed E-state index contributed by atoms with van der Waals surface area (Å²) in [6, 6.07) is 41.1. The number of aliphatic hydroxyl groups is 1. The molecule has 2 nitrogen and oxygen atoms in total. The lowest BCUT2D eigenvalue weighted by Crippen LogP contribution is -2.58. The van der Waals surface area contributed by atoms with Gasteiger partial charge >= 0.3 is 0 Å². The normalized spacial score (nSPS) is 10.7. The van der Waals surface area contributed by atoms with Crippen LogP contribution in [0.5, 0.6) is 0 Å². The van der Waals surface area contributed by atoms with Crippen LogP contribution < -0.4 is 10.4 Å². The van der Waals surface area contributed by atoms with Gasteiger partial charge in [-0.1, -0.05) is 121 Å². The maximum atomic E-state index is 8.54. The zero-order valence-electron chi connectivity index (χ0n) is 17.3. The third kappa shape index (κ3) is 6.01. The summed E-state index contributed by atoms with van der Waals surface area (Å²) in [5.74, 6) is 0. The molecule has 0 aliphatic rings. The van der Waals surface area contributed by atoms with E-state index in [0.717, 1.165) is 5.56 Å². The van der Waals surface area contributed by atoms with Crippen molar-refractivity contribution in [3.05, 3.63) is 132 Å². The molecule has 0 saturated heterocycles. The standard InChI is InChI=1S/C20H20OSi.C7H8O/c1-22(19-13-7-3-8-14-19,20-15-9-4-10-16-20)21-17-18-11-5-2-6-12-18;8-6-7-4-2-1-3-5-7/h2-16H,17H2,1H3;1-5,8H,6H2. The Balaban J connectivity index is 0.000000269. The topological polar surface area (TPSA) is 29.5 Å². The second kappa shape index (κ2) is 11.3. The molecule has 0 aliphatic heterocycles. The fourth-order valence-corrected chi connectivity index (χ4v) is 6.01. The molecule has 152 valence electrons. The average Bonchev–Trinajstić information content (AvgIpc) is 2.85.